The highest BCUT2D eigenvalue weighted by molar-refractivity contribution is 8.45. The number of halogens is 6. The minimum atomic E-state index is -9.78. The van der Waals surface area contributed by atoms with Crippen LogP contribution in [0.3, 0.4) is 0 Å². The molecule has 0 saturated carbocycles. The predicted molar refractivity (Wildman–Crippen MR) is 107 cm³/mol. The van der Waals surface area contributed by atoms with E-state index in [1.807, 2.05) is 13.8 Å². The normalized spacial score (nSPS) is 14.1. The fourth-order valence-corrected chi connectivity index (χ4v) is 3.05. The number of nitrogens with one attached hydrogen (secondary N) is 1. The Morgan fingerprint density at radius 3 is 2.20 bits per heavy atom. The number of benzene rings is 2. The van der Waals surface area contributed by atoms with Crippen molar-refractivity contribution in [2.75, 3.05) is 5.32 Å². The van der Waals surface area contributed by atoms with E-state index in [1.165, 1.54) is 12.1 Å². The van der Waals surface area contributed by atoms with Crippen molar-refractivity contribution in [3.63, 3.8) is 0 Å². The second-order valence-electron chi connectivity index (χ2n) is 6.81. The van der Waals surface area contributed by atoms with E-state index >= 15 is 0 Å². The molecule has 0 heterocycles. The molecule has 3 nitrogen and oxygen atoms in total. The van der Waals surface area contributed by atoms with E-state index in [9.17, 15) is 33.7 Å². The summed E-state index contributed by atoms with van der Waals surface area (Å²) in [4.78, 5) is 9.87. The van der Waals surface area contributed by atoms with Crippen molar-refractivity contribution in [2.45, 2.75) is 25.2 Å². The van der Waals surface area contributed by atoms with Crippen molar-refractivity contribution in [3.8, 4) is 5.75 Å². The number of allylic oxidation sites excluding steroid dienone is 2. The first-order chi connectivity index (χ1) is 13.5. The van der Waals surface area contributed by atoms with Crippen LogP contribution in [0.1, 0.15) is 25.0 Å². The molecule has 0 radical (unpaired) electrons. The van der Waals surface area contributed by atoms with Gasteiger partial charge in [-0.2, -0.15) is 0 Å². The maximum Gasteiger partial charge on any atom is 0.310 e. The largest absolute Gasteiger partial charge is 0.505 e. The fourth-order valence-electron chi connectivity index (χ4n) is 2.40. The zero-order valence-corrected chi connectivity index (χ0v) is 16.8. The van der Waals surface area contributed by atoms with Gasteiger partial charge in [-0.15, -0.1) is 0 Å². The summed E-state index contributed by atoms with van der Waals surface area (Å²) in [5, 5.41) is 12.0. The molecule has 0 aliphatic heterocycles. The summed E-state index contributed by atoms with van der Waals surface area (Å²) in [7, 11) is -9.78. The van der Waals surface area contributed by atoms with Crippen molar-refractivity contribution >= 4 is 27.9 Å². The number of carbonyl (C=O) groups is 1. The molecule has 2 aromatic carbocycles. The van der Waals surface area contributed by atoms with Crippen LogP contribution in [-0.4, -0.2) is 11.0 Å². The minimum Gasteiger partial charge on any atom is -0.505 e. The van der Waals surface area contributed by atoms with Crippen LogP contribution in [0.15, 0.2) is 59.0 Å². The zero-order chi connectivity index (χ0) is 22.8. The summed E-state index contributed by atoms with van der Waals surface area (Å²) in [6, 6.07) is 4.27. The molecule has 2 rings (SSSR count). The van der Waals surface area contributed by atoms with Gasteiger partial charge in [0.2, 0.25) is 5.91 Å². The van der Waals surface area contributed by atoms with E-state index in [-0.39, 0.29) is 29.8 Å². The van der Waals surface area contributed by atoms with Gasteiger partial charge in [-0.3, -0.25) is 4.79 Å². The number of anilines is 1. The van der Waals surface area contributed by atoms with Crippen molar-refractivity contribution < 1.29 is 33.7 Å². The van der Waals surface area contributed by atoms with Crippen LogP contribution in [0, 0.1) is 5.82 Å². The molecule has 10 heteroatoms. The Labute approximate surface area is 169 Å². The third-order valence-electron chi connectivity index (χ3n) is 3.89. The monoisotopic (exact) mass is 451 g/mol. The molecule has 2 N–H and O–H groups in total. The van der Waals surface area contributed by atoms with E-state index in [4.69, 9.17) is 0 Å². The molecule has 0 spiro atoms. The molecule has 164 valence electrons. The zero-order valence-electron chi connectivity index (χ0n) is 15.9. The Hall–Kier alpha value is -2.88. The molecule has 0 aliphatic rings. The smallest absolute Gasteiger partial charge is 0.310 e. The number of aromatic hydroxyl groups is 1. The van der Waals surface area contributed by atoms with E-state index in [1.54, 1.807) is 6.08 Å². The summed E-state index contributed by atoms with van der Waals surface area (Å²) in [6.07, 6.45) is 4.30. The highest BCUT2D eigenvalue weighted by Crippen LogP contribution is 3.02. The van der Waals surface area contributed by atoms with Gasteiger partial charge < -0.3 is 10.4 Å². The predicted octanol–water partition coefficient (Wildman–Crippen LogP) is 7.35. The molecule has 0 unspecified atom stereocenters. The van der Waals surface area contributed by atoms with Gasteiger partial charge in [0.1, 0.15) is 4.90 Å². The molecule has 0 bridgehead atoms. The molecule has 0 saturated heterocycles. The summed E-state index contributed by atoms with van der Waals surface area (Å²) >= 11 is 0. The van der Waals surface area contributed by atoms with E-state index in [2.05, 4.69) is 5.32 Å². The number of amides is 1. The molecule has 0 aliphatic carbocycles. The maximum atomic E-state index is 13.9. The number of rotatable bonds is 6. The Balaban J connectivity index is 2.14. The SMILES string of the molecule is CC(C)=CCc1cc(C=CC(=O)Nc2ccc(S(F)(F)(F)(F)F)cc2)cc(F)c1O. The Bertz CT molecular complexity index is 1020. The van der Waals surface area contributed by atoms with E-state index in [0.717, 1.165) is 17.7 Å². The van der Waals surface area contributed by atoms with Gasteiger partial charge in [-0.25, -0.2) is 4.39 Å². The van der Waals surface area contributed by atoms with Gasteiger partial charge in [0.15, 0.2) is 11.6 Å². The van der Waals surface area contributed by atoms with Crippen LogP contribution in [0.5, 0.6) is 5.75 Å². The maximum absolute atomic E-state index is 13.9. The Kier molecular flexibility index (Phi) is 5.79. The third kappa shape index (κ3) is 6.58. The quantitative estimate of drug-likeness (QED) is 0.274. The average molecular weight is 451 g/mol. The summed E-state index contributed by atoms with van der Waals surface area (Å²) in [5.74, 6) is -2.14. The summed E-state index contributed by atoms with van der Waals surface area (Å²) < 4.78 is 77.3. The second kappa shape index (κ2) is 7.42. The standard InChI is InChI=1S/C20H19F6NO2S/c1-13(2)3-5-15-11-14(12-18(21)20(15)29)4-10-19(28)27-16-6-8-17(9-7-16)30(22,23,24,25)26/h3-4,6-12,29H,5H2,1-2H3,(H,27,28). The van der Waals surface area contributed by atoms with E-state index < -0.39 is 32.6 Å². The molecular weight excluding hydrogens is 432 g/mol. The number of hydrogen-bond acceptors (Lipinski definition) is 2. The highest BCUT2D eigenvalue weighted by Gasteiger charge is 2.65. The molecule has 1 amide bonds. The average Bonchev–Trinajstić information content (AvgIpc) is 2.60. The Morgan fingerprint density at radius 1 is 1.07 bits per heavy atom. The number of phenolic OH excluding ortho intramolecular Hbond substituents is 1. The first-order valence-corrected chi connectivity index (χ1v) is 10.5. The van der Waals surface area contributed by atoms with Gasteiger partial charge in [0.25, 0.3) is 0 Å². The molecule has 2 aromatic rings. The molecule has 30 heavy (non-hydrogen) atoms. The van der Waals surface area contributed by atoms with Crippen molar-refractivity contribution in [1.29, 1.82) is 0 Å². The fraction of sp³-hybridized carbons (Fsp3) is 0.150. The van der Waals surface area contributed by atoms with Gasteiger partial charge >= 0.3 is 10.2 Å². The second-order valence-corrected chi connectivity index (χ2v) is 9.22. The topological polar surface area (TPSA) is 49.3 Å². The minimum absolute atomic E-state index is 0.128. The van der Waals surface area contributed by atoms with Crippen LogP contribution in [0.25, 0.3) is 6.08 Å². The van der Waals surface area contributed by atoms with Crippen LogP contribution < -0.4 is 5.32 Å². The summed E-state index contributed by atoms with van der Waals surface area (Å²) in [5.41, 5.74) is 1.42. The van der Waals surface area contributed by atoms with Gasteiger partial charge in [-0.05, 0) is 68.3 Å². The Morgan fingerprint density at radius 2 is 1.67 bits per heavy atom. The van der Waals surface area contributed by atoms with Crippen LogP contribution in [-0.2, 0) is 11.2 Å². The van der Waals surface area contributed by atoms with Crippen LogP contribution in [0.2, 0.25) is 0 Å². The number of carbonyl (C=O) groups excluding carboxylic acids is 1. The lowest BCUT2D eigenvalue weighted by molar-refractivity contribution is -0.111. The van der Waals surface area contributed by atoms with Crippen molar-refractivity contribution in [2.24, 2.45) is 0 Å². The molecule has 0 fully saturated rings. The van der Waals surface area contributed by atoms with Gasteiger partial charge in [-0.1, -0.05) is 31.1 Å². The van der Waals surface area contributed by atoms with E-state index in [0.29, 0.717) is 17.7 Å². The van der Waals surface area contributed by atoms with Crippen LogP contribution in [0.4, 0.5) is 29.5 Å². The molecular formula is C20H19F6NO2S. The summed E-state index contributed by atoms with van der Waals surface area (Å²) in [6.45, 7) is 3.68. The van der Waals surface area contributed by atoms with Crippen molar-refractivity contribution in [3.05, 3.63) is 71.1 Å². The highest BCUT2D eigenvalue weighted by atomic mass is 32.5. The van der Waals surface area contributed by atoms with Gasteiger partial charge in [0.05, 0.1) is 0 Å². The first kappa shape index (κ1) is 23.4. The van der Waals surface area contributed by atoms with Gasteiger partial charge in [0, 0.05) is 17.3 Å². The molecule has 0 atom stereocenters. The lowest BCUT2D eigenvalue weighted by Gasteiger charge is -2.40. The first-order valence-electron chi connectivity index (χ1n) is 8.53. The lowest BCUT2D eigenvalue weighted by atomic mass is 10.0. The van der Waals surface area contributed by atoms with Crippen LogP contribution >= 0.6 is 10.2 Å². The lowest BCUT2D eigenvalue weighted by Crippen LogP contribution is -2.09. The van der Waals surface area contributed by atoms with Crippen molar-refractivity contribution in [1.82, 2.24) is 0 Å². The number of hydrogen-bond donors (Lipinski definition) is 2. The third-order valence-corrected chi connectivity index (χ3v) is 5.05. The molecule has 0 aromatic heterocycles. The number of phenols is 1.